The van der Waals surface area contributed by atoms with Crippen LogP contribution in [0.3, 0.4) is 0 Å². The molecule has 0 saturated heterocycles. The number of ether oxygens (including phenoxy) is 1. The van der Waals surface area contributed by atoms with Crippen LogP contribution in [0.5, 0.6) is 5.75 Å². The molecule has 1 aromatic carbocycles. The number of aliphatic imine (C=N–C) groups is 1. The molecule has 0 aliphatic rings. The fourth-order valence-corrected chi connectivity index (χ4v) is 2.67. The highest BCUT2D eigenvalue weighted by Crippen LogP contribution is 2.10. The summed E-state index contributed by atoms with van der Waals surface area (Å²) in [5.41, 5.74) is 2.27. The number of para-hydroxylation sites is 1. The molecule has 0 aliphatic carbocycles. The van der Waals surface area contributed by atoms with Crippen LogP contribution in [0.15, 0.2) is 41.4 Å². The molecule has 2 N–H and O–H groups in total. The lowest BCUT2D eigenvalue weighted by atomic mass is 10.3. The van der Waals surface area contributed by atoms with Gasteiger partial charge in [0.25, 0.3) is 0 Å². The zero-order valence-corrected chi connectivity index (χ0v) is 19.1. The third-order valence-corrected chi connectivity index (χ3v) is 3.87. The van der Waals surface area contributed by atoms with E-state index in [1.54, 1.807) is 0 Å². The maximum atomic E-state index is 5.87. The molecule has 0 radical (unpaired) electrons. The normalized spacial score (nSPS) is 12.2. The minimum absolute atomic E-state index is 0. The van der Waals surface area contributed by atoms with Crippen LogP contribution in [0.25, 0.3) is 0 Å². The van der Waals surface area contributed by atoms with Crippen molar-refractivity contribution in [3.05, 3.63) is 47.8 Å². The summed E-state index contributed by atoms with van der Waals surface area (Å²) >= 11 is 0. The number of rotatable bonds is 9. The minimum Gasteiger partial charge on any atom is -0.489 e. The number of hydrogen-bond donors (Lipinski definition) is 2. The average Bonchev–Trinajstić information content (AvgIpc) is 2.94. The van der Waals surface area contributed by atoms with Crippen molar-refractivity contribution < 1.29 is 4.74 Å². The highest BCUT2D eigenvalue weighted by molar-refractivity contribution is 14.0. The first kappa shape index (κ1) is 23.3. The second-order valence-electron chi connectivity index (χ2n) is 6.39. The van der Waals surface area contributed by atoms with Crippen LogP contribution in [-0.4, -0.2) is 41.5 Å². The summed E-state index contributed by atoms with van der Waals surface area (Å²) in [6.07, 6.45) is 1.00. The summed E-state index contributed by atoms with van der Waals surface area (Å²) < 4.78 is 7.92. The van der Waals surface area contributed by atoms with Crippen LogP contribution in [0.2, 0.25) is 0 Å². The van der Waals surface area contributed by atoms with Gasteiger partial charge in [0.1, 0.15) is 11.9 Å². The Morgan fingerprint density at radius 1 is 1.22 bits per heavy atom. The van der Waals surface area contributed by atoms with Crippen LogP contribution < -0.4 is 15.4 Å². The van der Waals surface area contributed by atoms with Crippen molar-refractivity contribution in [1.29, 1.82) is 0 Å². The van der Waals surface area contributed by atoms with E-state index in [9.17, 15) is 0 Å². The molecule has 2 aromatic rings. The molecular formula is C20H32IN5O. The quantitative estimate of drug-likeness (QED) is 0.247. The lowest BCUT2D eigenvalue weighted by Gasteiger charge is -2.15. The molecule has 0 amide bonds. The Kier molecular flexibility index (Phi) is 10.8. The Labute approximate surface area is 179 Å². The zero-order valence-electron chi connectivity index (χ0n) is 16.7. The molecule has 0 fully saturated rings. The number of nitrogens with zero attached hydrogens (tertiary/aromatic N) is 3. The molecule has 1 aromatic heterocycles. The second kappa shape index (κ2) is 12.6. The number of benzene rings is 1. The van der Waals surface area contributed by atoms with Crippen molar-refractivity contribution >= 4 is 29.9 Å². The first-order valence-electron chi connectivity index (χ1n) is 9.33. The van der Waals surface area contributed by atoms with E-state index < -0.39 is 0 Å². The summed E-state index contributed by atoms with van der Waals surface area (Å²) in [5, 5.41) is 11.1. The molecule has 0 saturated carbocycles. The Bertz CT molecular complexity index is 687. The molecule has 1 unspecified atom stereocenters. The lowest BCUT2D eigenvalue weighted by molar-refractivity contribution is 0.230. The summed E-state index contributed by atoms with van der Waals surface area (Å²) in [5.74, 6) is 1.70. The van der Waals surface area contributed by atoms with Crippen molar-refractivity contribution in [2.75, 3.05) is 19.6 Å². The van der Waals surface area contributed by atoms with Crippen molar-refractivity contribution in [1.82, 2.24) is 20.4 Å². The monoisotopic (exact) mass is 485 g/mol. The first-order valence-corrected chi connectivity index (χ1v) is 9.33. The SMILES string of the molecule is CCNC(=NCC(C)Oc1ccccc1)NCCCn1nc(C)cc1C.I. The molecule has 0 aliphatic heterocycles. The third-order valence-electron chi connectivity index (χ3n) is 3.87. The Hall–Kier alpha value is -1.77. The molecule has 1 atom stereocenters. The van der Waals surface area contributed by atoms with Gasteiger partial charge in [-0.1, -0.05) is 18.2 Å². The van der Waals surface area contributed by atoms with Gasteiger partial charge in [-0.2, -0.15) is 5.10 Å². The highest BCUT2D eigenvalue weighted by atomic mass is 127. The fourth-order valence-electron chi connectivity index (χ4n) is 2.67. The van der Waals surface area contributed by atoms with Crippen molar-refractivity contribution in [3.63, 3.8) is 0 Å². The van der Waals surface area contributed by atoms with E-state index in [0.29, 0.717) is 6.54 Å². The highest BCUT2D eigenvalue weighted by Gasteiger charge is 2.05. The van der Waals surface area contributed by atoms with Crippen molar-refractivity contribution in [2.45, 2.75) is 46.8 Å². The van der Waals surface area contributed by atoms with Crippen LogP contribution in [-0.2, 0) is 6.54 Å². The largest absolute Gasteiger partial charge is 0.489 e. The molecule has 6 nitrogen and oxygen atoms in total. The summed E-state index contributed by atoms with van der Waals surface area (Å²) in [4.78, 5) is 4.62. The van der Waals surface area contributed by atoms with Crippen LogP contribution in [0, 0.1) is 13.8 Å². The zero-order chi connectivity index (χ0) is 18.8. The molecule has 0 bridgehead atoms. The van der Waals surface area contributed by atoms with Crippen LogP contribution >= 0.6 is 24.0 Å². The van der Waals surface area contributed by atoms with Crippen molar-refractivity contribution in [2.24, 2.45) is 4.99 Å². The van der Waals surface area contributed by atoms with Gasteiger partial charge in [0.05, 0.1) is 12.2 Å². The topological polar surface area (TPSA) is 63.5 Å². The number of nitrogens with one attached hydrogen (secondary N) is 2. The predicted octanol–water partition coefficient (Wildman–Crippen LogP) is 3.53. The van der Waals surface area contributed by atoms with Gasteiger partial charge in [-0.3, -0.25) is 4.68 Å². The maximum Gasteiger partial charge on any atom is 0.191 e. The maximum absolute atomic E-state index is 5.87. The van der Waals surface area contributed by atoms with Gasteiger partial charge in [0.15, 0.2) is 5.96 Å². The summed E-state index contributed by atoms with van der Waals surface area (Å²) in [6, 6.07) is 12.0. The first-order chi connectivity index (χ1) is 12.6. The fraction of sp³-hybridized carbons (Fsp3) is 0.500. The van der Waals surface area contributed by atoms with Crippen molar-refractivity contribution in [3.8, 4) is 5.75 Å². The third kappa shape index (κ3) is 8.64. The Morgan fingerprint density at radius 3 is 2.59 bits per heavy atom. The van der Waals surface area contributed by atoms with Gasteiger partial charge in [-0.25, -0.2) is 4.99 Å². The van der Waals surface area contributed by atoms with E-state index in [4.69, 9.17) is 4.74 Å². The number of halogens is 1. The second-order valence-corrected chi connectivity index (χ2v) is 6.39. The van der Waals surface area contributed by atoms with E-state index in [1.165, 1.54) is 5.69 Å². The van der Waals surface area contributed by atoms with Gasteiger partial charge in [0, 0.05) is 25.3 Å². The standard InChI is InChI=1S/C20H31N5O.HI/c1-5-21-20(22-12-9-13-25-17(3)14-16(2)24-25)23-15-18(4)26-19-10-7-6-8-11-19;/h6-8,10-11,14,18H,5,9,12-13,15H2,1-4H3,(H2,21,22,23);1H. The predicted molar refractivity (Wildman–Crippen MR) is 122 cm³/mol. The van der Waals surface area contributed by atoms with E-state index in [1.807, 2.05) is 44.2 Å². The molecule has 1 heterocycles. The summed E-state index contributed by atoms with van der Waals surface area (Å²) in [7, 11) is 0. The molecule has 150 valence electrons. The van der Waals surface area contributed by atoms with E-state index in [2.05, 4.69) is 45.3 Å². The smallest absolute Gasteiger partial charge is 0.191 e. The Morgan fingerprint density at radius 2 is 1.96 bits per heavy atom. The minimum atomic E-state index is 0. The Balaban J connectivity index is 0.00000364. The van der Waals surface area contributed by atoms with Gasteiger partial charge in [0.2, 0.25) is 0 Å². The van der Waals surface area contributed by atoms with E-state index >= 15 is 0 Å². The molecular weight excluding hydrogens is 453 g/mol. The van der Waals surface area contributed by atoms with Gasteiger partial charge in [-0.15, -0.1) is 24.0 Å². The van der Waals surface area contributed by atoms with Crippen LogP contribution in [0.4, 0.5) is 0 Å². The number of guanidine groups is 1. The molecule has 27 heavy (non-hydrogen) atoms. The average molecular weight is 485 g/mol. The van der Waals surface area contributed by atoms with Gasteiger partial charge >= 0.3 is 0 Å². The van der Waals surface area contributed by atoms with E-state index in [0.717, 1.165) is 43.5 Å². The molecule has 7 heteroatoms. The number of aryl methyl sites for hydroxylation is 3. The summed E-state index contributed by atoms with van der Waals surface area (Å²) in [6.45, 7) is 11.4. The number of hydrogen-bond acceptors (Lipinski definition) is 3. The molecule has 2 rings (SSSR count). The van der Waals surface area contributed by atoms with Gasteiger partial charge < -0.3 is 15.4 Å². The van der Waals surface area contributed by atoms with Gasteiger partial charge in [-0.05, 0) is 52.3 Å². The van der Waals surface area contributed by atoms with Crippen LogP contribution in [0.1, 0.15) is 31.7 Å². The molecule has 0 spiro atoms. The number of aromatic nitrogens is 2. The van der Waals surface area contributed by atoms with E-state index in [-0.39, 0.29) is 30.1 Å². The lowest BCUT2D eigenvalue weighted by Crippen LogP contribution is -2.38.